The summed E-state index contributed by atoms with van der Waals surface area (Å²) < 4.78 is 42.3. The molecule has 1 atom stereocenters. The first kappa shape index (κ1) is 24.5. The molecule has 2 N–H and O–H groups in total. The van der Waals surface area contributed by atoms with Crippen LogP contribution in [0.4, 0.5) is 24.7 Å². The van der Waals surface area contributed by atoms with E-state index in [2.05, 4.69) is 25.6 Å². The van der Waals surface area contributed by atoms with E-state index in [4.69, 9.17) is 0 Å². The second-order valence-corrected chi connectivity index (χ2v) is 9.71. The fourth-order valence-corrected chi connectivity index (χ4v) is 3.92. The van der Waals surface area contributed by atoms with Gasteiger partial charge in [-0.15, -0.1) is 5.10 Å². The van der Waals surface area contributed by atoms with Crippen LogP contribution in [0.15, 0.2) is 36.5 Å². The summed E-state index contributed by atoms with van der Waals surface area (Å²) in [5, 5.41) is 9.92. The minimum absolute atomic E-state index is 0.0530. The average molecular weight is 489 g/mol. The Hall–Kier alpha value is -3.63. The Morgan fingerprint density at radius 3 is 2.51 bits per heavy atom. The summed E-state index contributed by atoms with van der Waals surface area (Å²) in [6.07, 6.45) is -2.18. The fourth-order valence-electron chi connectivity index (χ4n) is 3.92. The van der Waals surface area contributed by atoms with Gasteiger partial charge in [-0.3, -0.25) is 9.59 Å². The molecular weight excluding hydrogens is 461 g/mol. The first-order chi connectivity index (χ1) is 16.3. The number of benzene rings is 1. The maximum atomic E-state index is 13.6. The van der Waals surface area contributed by atoms with Gasteiger partial charge < -0.3 is 15.5 Å². The number of nitrogens with one attached hydrogen (secondary N) is 2. The molecule has 1 saturated heterocycles. The van der Waals surface area contributed by atoms with E-state index in [1.165, 1.54) is 19.1 Å². The first-order valence-corrected chi connectivity index (χ1v) is 11.2. The van der Waals surface area contributed by atoms with E-state index in [0.29, 0.717) is 29.3 Å². The van der Waals surface area contributed by atoms with Crippen molar-refractivity contribution in [2.24, 2.45) is 5.41 Å². The molecule has 3 aromatic rings. The second kappa shape index (κ2) is 8.86. The molecule has 0 radical (unpaired) electrons. The second-order valence-electron chi connectivity index (χ2n) is 9.71. The predicted octanol–water partition coefficient (Wildman–Crippen LogP) is 4.11. The molecule has 0 bridgehead atoms. The van der Waals surface area contributed by atoms with Crippen LogP contribution in [0.1, 0.15) is 39.7 Å². The number of hydrogen-bond donors (Lipinski definition) is 2. The van der Waals surface area contributed by atoms with Gasteiger partial charge in [0, 0.05) is 37.0 Å². The van der Waals surface area contributed by atoms with E-state index >= 15 is 0 Å². The van der Waals surface area contributed by atoms with Crippen LogP contribution in [0.25, 0.3) is 16.9 Å². The van der Waals surface area contributed by atoms with Crippen LogP contribution in [-0.2, 0) is 15.8 Å². The average Bonchev–Trinajstić information content (AvgIpc) is 3.38. The monoisotopic (exact) mass is 488 g/mol. The summed E-state index contributed by atoms with van der Waals surface area (Å²) in [7, 11) is 0. The summed E-state index contributed by atoms with van der Waals surface area (Å²) >= 11 is 0. The molecule has 11 heteroatoms. The molecule has 1 aromatic carbocycles. The number of rotatable bonds is 4. The summed E-state index contributed by atoms with van der Waals surface area (Å²) in [5.41, 5.74) is -0.737. The number of anilines is 2. The van der Waals surface area contributed by atoms with Crippen molar-refractivity contribution in [3.05, 3.63) is 42.1 Å². The van der Waals surface area contributed by atoms with E-state index in [1.54, 1.807) is 37.5 Å². The highest BCUT2D eigenvalue weighted by molar-refractivity contribution is 5.96. The highest BCUT2D eigenvalue weighted by Gasteiger charge is 2.35. The Balaban J connectivity index is 1.64. The molecule has 1 unspecified atom stereocenters. The fraction of sp³-hybridized carbons (Fsp3) is 0.417. The third-order valence-corrected chi connectivity index (χ3v) is 5.78. The molecule has 0 spiro atoms. The highest BCUT2D eigenvalue weighted by atomic mass is 19.4. The Labute approximate surface area is 200 Å². The van der Waals surface area contributed by atoms with Crippen LogP contribution in [0, 0.1) is 5.41 Å². The zero-order valence-electron chi connectivity index (χ0n) is 19.9. The van der Waals surface area contributed by atoms with Crippen molar-refractivity contribution in [2.75, 3.05) is 23.3 Å². The van der Waals surface area contributed by atoms with Gasteiger partial charge in [0.2, 0.25) is 11.8 Å². The van der Waals surface area contributed by atoms with E-state index < -0.39 is 23.1 Å². The quantitative estimate of drug-likeness (QED) is 0.577. The molecule has 4 rings (SSSR count). The lowest BCUT2D eigenvalue weighted by atomic mass is 9.95. The lowest BCUT2D eigenvalue weighted by Gasteiger charge is -2.20. The third-order valence-electron chi connectivity index (χ3n) is 5.78. The number of hydrogen-bond acceptors (Lipinski definition) is 5. The number of carbonyl (C=O) groups is 2. The van der Waals surface area contributed by atoms with Gasteiger partial charge in [0.25, 0.3) is 0 Å². The first-order valence-electron chi connectivity index (χ1n) is 11.2. The number of aromatic nitrogens is 3. The van der Waals surface area contributed by atoms with Gasteiger partial charge in [0.05, 0.1) is 23.1 Å². The van der Waals surface area contributed by atoms with Gasteiger partial charge in [-0.2, -0.15) is 13.2 Å². The molecule has 0 aliphatic carbocycles. The number of nitrogens with zero attached hydrogens (tertiary/aromatic N) is 4. The van der Waals surface area contributed by atoms with Crippen LogP contribution < -0.4 is 15.5 Å². The van der Waals surface area contributed by atoms with Crippen LogP contribution in [0.2, 0.25) is 0 Å². The van der Waals surface area contributed by atoms with Crippen LogP contribution in [0.5, 0.6) is 0 Å². The lowest BCUT2D eigenvalue weighted by Crippen LogP contribution is -2.35. The van der Waals surface area contributed by atoms with Gasteiger partial charge in [0.15, 0.2) is 5.65 Å². The van der Waals surface area contributed by atoms with Crippen molar-refractivity contribution in [1.82, 2.24) is 19.9 Å². The largest absolute Gasteiger partial charge is 0.418 e. The molecule has 1 aliphatic rings. The SMILES string of the molecule is CC(=O)NC1CCN(c2ccc3nc(-c4ccc(C(F)(F)F)c(NC(=O)C(C)(C)C)c4)cn3n2)C1. The molecule has 35 heavy (non-hydrogen) atoms. The number of amides is 2. The highest BCUT2D eigenvalue weighted by Crippen LogP contribution is 2.38. The van der Waals surface area contributed by atoms with Crippen molar-refractivity contribution < 1.29 is 22.8 Å². The Bertz CT molecular complexity index is 1280. The van der Waals surface area contributed by atoms with Crippen molar-refractivity contribution in [3.8, 4) is 11.3 Å². The van der Waals surface area contributed by atoms with E-state index in [1.807, 2.05) is 6.07 Å². The van der Waals surface area contributed by atoms with Crippen molar-refractivity contribution in [1.29, 1.82) is 0 Å². The molecule has 1 fully saturated rings. The summed E-state index contributed by atoms with van der Waals surface area (Å²) in [5.74, 6) is 0.110. The molecule has 3 heterocycles. The molecule has 8 nitrogen and oxygen atoms in total. The van der Waals surface area contributed by atoms with E-state index in [0.717, 1.165) is 19.0 Å². The number of halogens is 3. The van der Waals surface area contributed by atoms with Gasteiger partial charge in [-0.05, 0) is 30.7 Å². The minimum atomic E-state index is -4.63. The van der Waals surface area contributed by atoms with E-state index in [9.17, 15) is 22.8 Å². The van der Waals surface area contributed by atoms with Crippen LogP contribution in [-0.4, -0.2) is 45.5 Å². The van der Waals surface area contributed by atoms with Crippen molar-refractivity contribution in [3.63, 3.8) is 0 Å². The third kappa shape index (κ3) is 5.39. The standard InChI is InChI=1S/C24H27F3N6O2/c1-14(34)28-16-9-10-32(12-16)21-8-7-20-29-19(13-33(20)31-21)15-5-6-17(24(25,26)27)18(11-15)30-22(35)23(2,3)4/h5-8,11,13,16H,9-10,12H2,1-4H3,(H,28,34)(H,30,35). The summed E-state index contributed by atoms with van der Waals surface area (Å²) in [4.78, 5) is 30.3. The molecule has 2 amide bonds. The van der Waals surface area contributed by atoms with E-state index in [-0.39, 0.29) is 17.6 Å². The van der Waals surface area contributed by atoms with Gasteiger partial charge in [-0.1, -0.05) is 26.8 Å². The Kier molecular flexibility index (Phi) is 6.20. The molecule has 1 aliphatic heterocycles. The Morgan fingerprint density at radius 1 is 1.11 bits per heavy atom. The minimum Gasteiger partial charge on any atom is -0.353 e. The van der Waals surface area contributed by atoms with Gasteiger partial charge in [0.1, 0.15) is 5.82 Å². The van der Waals surface area contributed by atoms with Crippen molar-refractivity contribution in [2.45, 2.75) is 46.3 Å². The van der Waals surface area contributed by atoms with Crippen molar-refractivity contribution >= 4 is 29.0 Å². The normalized spacial score (nSPS) is 16.5. The number of alkyl halides is 3. The number of fused-ring (bicyclic) bond motifs is 1. The maximum Gasteiger partial charge on any atom is 0.418 e. The molecule has 0 saturated carbocycles. The Morgan fingerprint density at radius 2 is 1.86 bits per heavy atom. The zero-order valence-corrected chi connectivity index (χ0v) is 19.9. The van der Waals surface area contributed by atoms with Crippen LogP contribution in [0.3, 0.4) is 0 Å². The molecule has 186 valence electrons. The topological polar surface area (TPSA) is 91.6 Å². The predicted molar refractivity (Wildman–Crippen MR) is 126 cm³/mol. The lowest BCUT2D eigenvalue weighted by molar-refractivity contribution is -0.137. The van der Waals surface area contributed by atoms with Crippen LogP contribution >= 0.6 is 0 Å². The molecular formula is C24H27F3N6O2. The molecule has 2 aromatic heterocycles. The maximum absolute atomic E-state index is 13.6. The van der Waals surface area contributed by atoms with Gasteiger partial charge in [-0.25, -0.2) is 9.50 Å². The smallest absolute Gasteiger partial charge is 0.353 e. The number of carbonyl (C=O) groups excluding carboxylic acids is 2. The van der Waals surface area contributed by atoms with Gasteiger partial charge >= 0.3 is 6.18 Å². The number of imidazole rings is 1. The summed E-state index contributed by atoms with van der Waals surface area (Å²) in [6.45, 7) is 7.74. The zero-order chi connectivity index (χ0) is 25.5. The summed E-state index contributed by atoms with van der Waals surface area (Å²) in [6, 6.07) is 7.22.